The van der Waals surface area contributed by atoms with E-state index in [4.69, 9.17) is 0 Å². The molecular formula is C9H10F2IN3. The van der Waals surface area contributed by atoms with Gasteiger partial charge in [0.25, 0.3) is 0 Å². The molecular weight excluding hydrogens is 315 g/mol. The van der Waals surface area contributed by atoms with Crippen LogP contribution in [0.2, 0.25) is 0 Å². The van der Waals surface area contributed by atoms with Gasteiger partial charge in [-0.2, -0.15) is 0 Å². The SMILES string of the molecule is FC1(F)CCC(Nc2ncc(I)cn2)C1. The number of aromatic nitrogens is 2. The summed E-state index contributed by atoms with van der Waals surface area (Å²) in [7, 11) is 0. The molecule has 1 N–H and O–H groups in total. The second-order valence-electron chi connectivity index (χ2n) is 3.66. The van der Waals surface area contributed by atoms with Crippen LogP contribution in [0.5, 0.6) is 0 Å². The minimum Gasteiger partial charge on any atom is -0.351 e. The van der Waals surface area contributed by atoms with Crippen molar-refractivity contribution in [2.75, 3.05) is 5.32 Å². The van der Waals surface area contributed by atoms with Crippen molar-refractivity contribution in [1.29, 1.82) is 0 Å². The van der Waals surface area contributed by atoms with Crippen LogP contribution in [0.25, 0.3) is 0 Å². The highest BCUT2D eigenvalue weighted by atomic mass is 127. The molecule has 1 aromatic rings. The fourth-order valence-electron chi connectivity index (χ4n) is 1.64. The smallest absolute Gasteiger partial charge is 0.250 e. The van der Waals surface area contributed by atoms with Gasteiger partial charge in [-0.1, -0.05) is 0 Å². The number of nitrogens with zero attached hydrogens (tertiary/aromatic N) is 2. The number of hydrogen-bond donors (Lipinski definition) is 1. The van der Waals surface area contributed by atoms with Crippen molar-refractivity contribution in [2.45, 2.75) is 31.2 Å². The standard InChI is InChI=1S/C9H10F2IN3/c10-9(11)2-1-7(3-9)15-8-13-4-6(12)5-14-8/h4-5,7H,1-3H2,(H,13,14,15). The van der Waals surface area contributed by atoms with Gasteiger partial charge in [0.05, 0.1) is 0 Å². The van der Waals surface area contributed by atoms with Gasteiger partial charge in [-0.3, -0.25) is 0 Å². The number of anilines is 1. The Kier molecular flexibility index (Phi) is 3.03. The van der Waals surface area contributed by atoms with Crippen LogP contribution in [0.4, 0.5) is 14.7 Å². The Morgan fingerprint density at radius 3 is 2.60 bits per heavy atom. The number of halogens is 3. The van der Waals surface area contributed by atoms with E-state index in [0.29, 0.717) is 12.4 Å². The van der Waals surface area contributed by atoms with Gasteiger partial charge in [0, 0.05) is 34.8 Å². The third-order valence-electron chi connectivity index (χ3n) is 2.36. The quantitative estimate of drug-likeness (QED) is 0.850. The highest BCUT2D eigenvalue weighted by Crippen LogP contribution is 2.35. The molecule has 0 radical (unpaired) electrons. The predicted molar refractivity (Wildman–Crippen MR) is 61.0 cm³/mol. The first-order valence-corrected chi connectivity index (χ1v) is 5.75. The fourth-order valence-corrected chi connectivity index (χ4v) is 1.92. The Morgan fingerprint density at radius 2 is 2.07 bits per heavy atom. The zero-order valence-corrected chi connectivity index (χ0v) is 10.0. The van der Waals surface area contributed by atoms with Gasteiger partial charge >= 0.3 is 0 Å². The molecule has 1 heterocycles. The lowest BCUT2D eigenvalue weighted by molar-refractivity contribution is 0.00851. The summed E-state index contributed by atoms with van der Waals surface area (Å²) in [6.07, 6.45) is 3.62. The Labute approximate surface area is 99.8 Å². The molecule has 0 spiro atoms. The number of rotatable bonds is 2. The van der Waals surface area contributed by atoms with E-state index in [-0.39, 0.29) is 18.9 Å². The maximum absolute atomic E-state index is 12.9. The van der Waals surface area contributed by atoms with Crippen molar-refractivity contribution < 1.29 is 8.78 Å². The normalized spacial score (nSPS) is 24.1. The van der Waals surface area contributed by atoms with Crippen molar-refractivity contribution in [1.82, 2.24) is 9.97 Å². The van der Waals surface area contributed by atoms with Gasteiger partial charge in [-0.15, -0.1) is 0 Å². The summed E-state index contributed by atoms with van der Waals surface area (Å²) >= 11 is 2.09. The van der Waals surface area contributed by atoms with Gasteiger partial charge in [0.1, 0.15) is 0 Å². The molecule has 1 aliphatic rings. The third kappa shape index (κ3) is 2.96. The fraction of sp³-hybridized carbons (Fsp3) is 0.556. The molecule has 0 saturated heterocycles. The van der Waals surface area contributed by atoms with E-state index in [1.165, 1.54) is 0 Å². The molecule has 82 valence electrons. The molecule has 1 unspecified atom stereocenters. The van der Waals surface area contributed by atoms with Crippen LogP contribution in [0, 0.1) is 3.57 Å². The van der Waals surface area contributed by atoms with E-state index in [1.807, 2.05) is 0 Å². The van der Waals surface area contributed by atoms with Crippen LogP contribution in [0.15, 0.2) is 12.4 Å². The molecule has 3 nitrogen and oxygen atoms in total. The van der Waals surface area contributed by atoms with Crippen LogP contribution < -0.4 is 5.32 Å². The minimum absolute atomic E-state index is 0.0466. The van der Waals surface area contributed by atoms with Crippen molar-refractivity contribution in [3.05, 3.63) is 16.0 Å². The van der Waals surface area contributed by atoms with Crippen molar-refractivity contribution in [3.63, 3.8) is 0 Å². The Balaban J connectivity index is 1.96. The summed E-state index contributed by atoms with van der Waals surface area (Å²) in [5.74, 6) is -2.10. The first-order chi connectivity index (χ1) is 7.05. The zero-order chi connectivity index (χ0) is 10.9. The van der Waals surface area contributed by atoms with Crippen molar-refractivity contribution >= 4 is 28.5 Å². The first kappa shape index (κ1) is 11.0. The number of hydrogen-bond acceptors (Lipinski definition) is 3. The van der Waals surface area contributed by atoms with Gasteiger partial charge in [-0.25, -0.2) is 18.7 Å². The van der Waals surface area contributed by atoms with E-state index in [1.54, 1.807) is 12.4 Å². The average molecular weight is 325 g/mol. The van der Waals surface area contributed by atoms with E-state index in [0.717, 1.165) is 3.57 Å². The van der Waals surface area contributed by atoms with Crippen LogP contribution >= 0.6 is 22.6 Å². The maximum Gasteiger partial charge on any atom is 0.250 e. The second kappa shape index (κ2) is 4.15. The highest BCUT2D eigenvalue weighted by Gasteiger charge is 2.39. The molecule has 0 aliphatic heterocycles. The zero-order valence-electron chi connectivity index (χ0n) is 7.88. The molecule has 0 amide bonds. The molecule has 0 bridgehead atoms. The van der Waals surface area contributed by atoms with Crippen LogP contribution in [-0.4, -0.2) is 21.9 Å². The highest BCUT2D eigenvalue weighted by molar-refractivity contribution is 14.1. The summed E-state index contributed by atoms with van der Waals surface area (Å²) in [6.45, 7) is 0. The Bertz CT molecular complexity index is 342. The molecule has 1 fully saturated rings. The van der Waals surface area contributed by atoms with Crippen molar-refractivity contribution in [2.24, 2.45) is 0 Å². The largest absolute Gasteiger partial charge is 0.351 e. The molecule has 1 aliphatic carbocycles. The van der Waals surface area contributed by atoms with E-state index >= 15 is 0 Å². The molecule has 1 saturated carbocycles. The van der Waals surface area contributed by atoms with E-state index in [9.17, 15) is 8.78 Å². The molecule has 2 rings (SSSR count). The van der Waals surface area contributed by atoms with Gasteiger partial charge in [0.15, 0.2) is 0 Å². The van der Waals surface area contributed by atoms with Gasteiger partial charge in [-0.05, 0) is 29.0 Å². The first-order valence-electron chi connectivity index (χ1n) is 4.67. The number of alkyl halides is 2. The Morgan fingerprint density at radius 1 is 1.40 bits per heavy atom. The molecule has 1 aromatic heterocycles. The lowest BCUT2D eigenvalue weighted by Gasteiger charge is -2.12. The summed E-state index contributed by atoms with van der Waals surface area (Å²) in [4.78, 5) is 8.03. The summed E-state index contributed by atoms with van der Waals surface area (Å²) in [6, 6.07) is -0.208. The molecule has 0 aromatic carbocycles. The lowest BCUT2D eigenvalue weighted by Crippen LogP contribution is -2.20. The summed E-state index contributed by atoms with van der Waals surface area (Å²) < 4.78 is 26.7. The van der Waals surface area contributed by atoms with E-state index < -0.39 is 5.92 Å². The van der Waals surface area contributed by atoms with Gasteiger partial charge < -0.3 is 5.32 Å². The summed E-state index contributed by atoms with van der Waals surface area (Å²) in [5.41, 5.74) is 0. The average Bonchev–Trinajstić information content (AvgIpc) is 2.50. The second-order valence-corrected chi connectivity index (χ2v) is 4.91. The molecule has 6 heteroatoms. The Hall–Kier alpha value is -0.530. The summed E-state index contributed by atoms with van der Waals surface area (Å²) in [5, 5.41) is 2.92. The monoisotopic (exact) mass is 325 g/mol. The third-order valence-corrected chi connectivity index (χ3v) is 2.91. The van der Waals surface area contributed by atoms with Crippen LogP contribution in [0.1, 0.15) is 19.3 Å². The molecule has 15 heavy (non-hydrogen) atoms. The van der Waals surface area contributed by atoms with Crippen molar-refractivity contribution in [3.8, 4) is 0 Å². The van der Waals surface area contributed by atoms with Crippen LogP contribution in [-0.2, 0) is 0 Å². The van der Waals surface area contributed by atoms with E-state index in [2.05, 4.69) is 37.9 Å². The molecule has 1 atom stereocenters. The maximum atomic E-state index is 12.9. The van der Waals surface area contributed by atoms with Crippen LogP contribution in [0.3, 0.4) is 0 Å². The minimum atomic E-state index is -2.53. The number of nitrogens with one attached hydrogen (secondary N) is 1. The van der Waals surface area contributed by atoms with Gasteiger partial charge in [0.2, 0.25) is 11.9 Å². The topological polar surface area (TPSA) is 37.8 Å². The lowest BCUT2D eigenvalue weighted by atomic mass is 10.2. The predicted octanol–water partition coefficient (Wildman–Crippen LogP) is 2.68.